The van der Waals surface area contributed by atoms with Gasteiger partial charge in [0.15, 0.2) is 17.3 Å². The van der Waals surface area contributed by atoms with Crippen molar-refractivity contribution in [3.8, 4) is 28.6 Å². The fraction of sp³-hybridized carbons (Fsp3) is 0.208. The highest BCUT2D eigenvalue weighted by Gasteiger charge is 2.12. The van der Waals surface area contributed by atoms with Gasteiger partial charge in [0.05, 0.1) is 21.3 Å². The first kappa shape index (κ1) is 21.8. The van der Waals surface area contributed by atoms with Crippen LogP contribution in [0.5, 0.6) is 17.2 Å². The number of nitrogens with zero attached hydrogens (tertiary/aromatic N) is 2. The Morgan fingerprint density at radius 2 is 1.61 bits per heavy atom. The number of nitrogens with one attached hydrogen (secondary N) is 1. The molecule has 0 aliphatic carbocycles. The molecule has 0 bridgehead atoms. The van der Waals surface area contributed by atoms with Crippen molar-refractivity contribution in [2.75, 3.05) is 27.9 Å². The lowest BCUT2D eigenvalue weighted by atomic mass is 10.1. The smallest absolute Gasteiger partial charge is 0.244 e. The first-order chi connectivity index (χ1) is 15.1. The molecule has 0 aliphatic heterocycles. The van der Waals surface area contributed by atoms with E-state index >= 15 is 0 Å². The number of rotatable bonds is 9. The maximum Gasteiger partial charge on any atom is 0.244 e. The Morgan fingerprint density at radius 1 is 0.968 bits per heavy atom. The summed E-state index contributed by atoms with van der Waals surface area (Å²) in [7, 11) is 4.64. The number of carbonyl (C=O) groups excluding carboxylic acids is 1. The summed E-state index contributed by atoms with van der Waals surface area (Å²) in [6.45, 7) is 0.479. The third-order valence-electron chi connectivity index (χ3n) is 4.56. The molecule has 1 heterocycles. The van der Waals surface area contributed by atoms with E-state index in [4.69, 9.17) is 14.2 Å². The molecule has 1 aromatic heterocycles. The molecule has 2 aromatic carbocycles. The van der Waals surface area contributed by atoms with Crippen LogP contribution in [0, 0.1) is 0 Å². The monoisotopic (exact) mass is 419 g/mol. The second kappa shape index (κ2) is 10.8. The van der Waals surface area contributed by atoms with E-state index < -0.39 is 0 Å². The standard InChI is InChI=1S/C24H25N3O4/c1-29-20-13-17(14-21(30-2)23(20)31-3)9-10-22(28)25-12-11-18-15-26-24(27-16-18)19-7-5-4-6-8-19/h4-10,13-16H,11-12H2,1-3H3,(H,25,28)/b10-9+. The highest BCUT2D eigenvalue weighted by atomic mass is 16.5. The first-order valence-electron chi connectivity index (χ1n) is 9.77. The molecule has 0 aliphatic rings. The second-order valence-corrected chi connectivity index (χ2v) is 6.61. The molecule has 0 radical (unpaired) electrons. The van der Waals surface area contributed by atoms with Crippen LogP contribution in [-0.2, 0) is 11.2 Å². The molecule has 3 rings (SSSR count). The lowest BCUT2D eigenvalue weighted by Crippen LogP contribution is -2.23. The number of aromatic nitrogens is 2. The van der Waals surface area contributed by atoms with Crippen molar-refractivity contribution in [3.05, 3.63) is 72.1 Å². The Balaban J connectivity index is 1.54. The average molecular weight is 419 g/mol. The maximum absolute atomic E-state index is 12.2. The van der Waals surface area contributed by atoms with Crippen molar-refractivity contribution in [1.29, 1.82) is 0 Å². The molecule has 0 saturated carbocycles. The minimum Gasteiger partial charge on any atom is -0.493 e. The lowest BCUT2D eigenvalue weighted by molar-refractivity contribution is -0.116. The van der Waals surface area contributed by atoms with Crippen LogP contribution in [0.15, 0.2) is 60.9 Å². The third-order valence-corrected chi connectivity index (χ3v) is 4.56. The van der Waals surface area contributed by atoms with Gasteiger partial charge in [0.2, 0.25) is 11.7 Å². The summed E-state index contributed by atoms with van der Waals surface area (Å²) >= 11 is 0. The zero-order valence-corrected chi connectivity index (χ0v) is 17.8. The van der Waals surface area contributed by atoms with E-state index in [2.05, 4.69) is 15.3 Å². The average Bonchev–Trinajstić information content (AvgIpc) is 2.83. The summed E-state index contributed by atoms with van der Waals surface area (Å²) < 4.78 is 16.0. The van der Waals surface area contributed by atoms with Crippen LogP contribution in [0.3, 0.4) is 0 Å². The van der Waals surface area contributed by atoms with Crippen LogP contribution in [0.25, 0.3) is 17.5 Å². The number of benzene rings is 2. The van der Waals surface area contributed by atoms with Crippen LogP contribution in [0.2, 0.25) is 0 Å². The predicted octanol–water partition coefficient (Wildman–Crippen LogP) is 3.54. The first-order valence-corrected chi connectivity index (χ1v) is 9.77. The highest BCUT2D eigenvalue weighted by Crippen LogP contribution is 2.38. The number of carbonyl (C=O) groups is 1. The Labute approximate surface area is 181 Å². The highest BCUT2D eigenvalue weighted by molar-refractivity contribution is 5.91. The second-order valence-electron chi connectivity index (χ2n) is 6.61. The van der Waals surface area contributed by atoms with Crippen LogP contribution in [-0.4, -0.2) is 43.7 Å². The Bertz CT molecular complexity index is 1010. The SMILES string of the molecule is COc1cc(/C=C/C(=O)NCCc2cnc(-c3ccccc3)nc2)cc(OC)c1OC. The van der Waals surface area contributed by atoms with E-state index in [1.54, 1.807) is 51.9 Å². The Morgan fingerprint density at radius 3 is 2.19 bits per heavy atom. The summed E-state index contributed by atoms with van der Waals surface area (Å²) in [4.78, 5) is 21.0. The van der Waals surface area contributed by atoms with Crippen LogP contribution in [0.1, 0.15) is 11.1 Å². The van der Waals surface area contributed by atoms with Crippen molar-refractivity contribution in [2.24, 2.45) is 0 Å². The quantitative estimate of drug-likeness (QED) is 0.534. The molecule has 0 fully saturated rings. The van der Waals surface area contributed by atoms with Gasteiger partial charge in [-0.15, -0.1) is 0 Å². The third kappa shape index (κ3) is 5.82. The zero-order valence-electron chi connectivity index (χ0n) is 17.8. The summed E-state index contributed by atoms with van der Waals surface area (Å²) in [5.41, 5.74) is 2.68. The Hall–Kier alpha value is -3.87. The van der Waals surface area contributed by atoms with Crippen molar-refractivity contribution in [1.82, 2.24) is 15.3 Å². The van der Waals surface area contributed by atoms with Crippen molar-refractivity contribution in [3.63, 3.8) is 0 Å². The van der Waals surface area contributed by atoms with Crippen molar-refractivity contribution >= 4 is 12.0 Å². The molecule has 31 heavy (non-hydrogen) atoms. The summed E-state index contributed by atoms with van der Waals surface area (Å²) in [5, 5.41) is 2.86. The van der Waals surface area contributed by atoms with E-state index in [9.17, 15) is 4.79 Å². The summed E-state index contributed by atoms with van der Waals surface area (Å²) in [5.74, 6) is 2.05. The van der Waals surface area contributed by atoms with E-state index in [-0.39, 0.29) is 5.91 Å². The lowest BCUT2D eigenvalue weighted by Gasteiger charge is -2.12. The molecule has 0 unspecified atom stereocenters. The number of hydrogen-bond acceptors (Lipinski definition) is 6. The normalized spacial score (nSPS) is 10.7. The topological polar surface area (TPSA) is 82.6 Å². The van der Waals surface area contributed by atoms with Gasteiger partial charge >= 0.3 is 0 Å². The van der Waals surface area contributed by atoms with E-state index in [0.717, 1.165) is 16.7 Å². The van der Waals surface area contributed by atoms with Crippen molar-refractivity contribution < 1.29 is 19.0 Å². The van der Waals surface area contributed by atoms with Crippen LogP contribution < -0.4 is 19.5 Å². The van der Waals surface area contributed by atoms with Gasteiger partial charge < -0.3 is 19.5 Å². The number of amides is 1. The number of ether oxygens (including phenoxy) is 3. The van der Waals surface area contributed by atoms with Gasteiger partial charge in [-0.1, -0.05) is 30.3 Å². The molecule has 1 amide bonds. The van der Waals surface area contributed by atoms with Crippen LogP contribution >= 0.6 is 0 Å². The minimum absolute atomic E-state index is 0.199. The van der Waals surface area contributed by atoms with E-state index in [0.29, 0.717) is 36.0 Å². The molecule has 0 spiro atoms. The zero-order chi connectivity index (χ0) is 22.1. The number of methoxy groups -OCH3 is 3. The van der Waals surface area contributed by atoms with E-state index in [1.807, 2.05) is 30.3 Å². The van der Waals surface area contributed by atoms with E-state index in [1.165, 1.54) is 6.08 Å². The molecule has 7 heteroatoms. The van der Waals surface area contributed by atoms with Gasteiger partial charge in [-0.05, 0) is 35.8 Å². The molecular formula is C24H25N3O4. The summed E-state index contributed by atoms with van der Waals surface area (Å²) in [6.07, 6.45) is 7.37. The Kier molecular flexibility index (Phi) is 7.59. The fourth-order valence-corrected chi connectivity index (χ4v) is 2.98. The fourth-order valence-electron chi connectivity index (χ4n) is 2.98. The molecule has 160 valence electrons. The van der Waals surface area contributed by atoms with Gasteiger partial charge in [0.25, 0.3) is 0 Å². The molecule has 1 N–H and O–H groups in total. The van der Waals surface area contributed by atoms with Gasteiger partial charge in [-0.2, -0.15) is 0 Å². The van der Waals surface area contributed by atoms with Gasteiger partial charge in [-0.3, -0.25) is 4.79 Å². The predicted molar refractivity (Wildman–Crippen MR) is 119 cm³/mol. The van der Waals surface area contributed by atoms with Gasteiger partial charge in [0, 0.05) is 30.6 Å². The number of hydrogen-bond donors (Lipinski definition) is 1. The molecule has 7 nitrogen and oxygen atoms in total. The molecule has 0 atom stereocenters. The minimum atomic E-state index is -0.199. The van der Waals surface area contributed by atoms with Gasteiger partial charge in [-0.25, -0.2) is 9.97 Å². The molecule has 0 saturated heterocycles. The molecule has 3 aromatic rings. The van der Waals surface area contributed by atoms with Crippen LogP contribution in [0.4, 0.5) is 0 Å². The van der Waals surface area contributed by atoms with Gasteiger partial charge in [0.1, 0.15) is 0 Å². The summed E-state index contributed by atoms with van der Waals surface area (Å²) in [6, 6.07) is 13.3. The molecular weight excluding hydrogens is 394 g/mol. The largest absolute Gasteiger partial charge is 0.493 e. The maximum atomic E-state index is 12.2. The van der Waals surface area contributed by atoms with Crippen molar-refractivity contribution in [2.45, 2.75) is 6.42 Å².